The summed E-state index contributed by atoms with van der Waals surface area (Å²) < 4.78 is 23.8. The number of hydrogen-bond donors (Lipinski definition) is 0. The van der Waals surface area contributed by atoms with Gasteiger partial charge in [0.1, 0.15) is 15.7 Å². The third kappa shape index (κ3) is 3.50. The average Bonchev–Trinajstić information content (AvgIpc) is 3.27. The summed E-state index contributed by atoms with van der Waals surface area (Å²) in [6.07, 6.45) is 0. The highest BCUT2D eigenvalue weighted by Crippen LogP contribution is 2.33. The minimum Gasteiger partial charge on any atom is -0.454 e. The Kier molecular flexibility index (Phi) is 4.53. The topological polar surface area (TPSA) is 51.7 Å². The first-order chi connectivity index (χ1) is 13.0. The van der Waals surface area contributed by atoms with Gasteiger partial charge in [0, 0.05) is 19.2 Å². The number of aryl methyl sites for hydroxylation is 1. The van der Waals surface area contributed by atoms with Crippen molar-refractivity contribution in [3.8, 4) is 22.1 Å². The summed E-state index contributed by atoms with van der Waals surface area (Å²) in [5.74, 6) is 1.01. The van der Waals surface area contributed by atoms with Crippen molar-refractivity contribution in [3.63, 3.8) is 0 Å². The highest BCUT2D eigenvalue weighted by Gasteiger charge is 2.21. The van der Waals surface area contributed by atoms with E-state index in [0.717, 1.165) is 16.9 Å². The van der Waals surface area contributed by atoms with Crippen LogP contribution in [0.25, 0.3) is 10.6 Å². The molecule has 0 bridgehead atoms. The maximum atomic E-state index is 13.1. The molecular formula is C20H17FN2O3S. The van der Waals surface area contributed by atoms with Crippen LogP contribution in [-0.2, 0) is 6.54 Å². The Morgan fingerprint density at radius 3 is 2.70 bits per heavy atom. The summed E-state index contributed by atoms with van der Waals surface area (Å²) in [7, 11) is 1.75. The Morgan fingerprint density at radius 1 is 1.19 bits per heavy atom. The number of fused-ring (bicyclic) bond motifs is 1. The molecule has 138 valence electrons. The molecule has 1 aromatic heterocycles. The maximum Gasteiger partial charge on any atom is 0.265 e. The third-order valence-electron chi connectivity index (χ3n) is 4.29. The largest absolute Gasteiger partial charge is 0.454 e. The highest BCUT2D eigenvalue weighted by molar-refractivity contribution is 7.17. The molecule has 1 amide bonds. The Balaban J connectivity index is 1.52. The third-order valence-corrected chi connectivity index (χ3v) is 5.48. The lowest BCUT2D eigenvalue weighted by molar-refractivity contribution is 0.0789. The van der Waals surface area contributed by atoms with Gasteiger partial charge in [-0.3, -0.25) is 4.79 Å². The fourth-order valence-corrected chi connectivity index (χ4v) is 3.94. The van der Waals surface area contributed by atoms with Crippen LogP contribution in [0.5, 0.6) is 11.5 Å². The second kappa shape index (κ2) is 7.00. The molecule has 7 heteroatoms. The number of benzene rings is 2. The number of thiazole rings is 1. The van der Waals surface area contributed by atoms with Crippen molar-refractivity contribution in [3.05, 3.63) is 64.4 Å². The molecule has 0 radical (unpaired) electrons. The number of carbonyl (C=O) groups excluding carboxylic acids is 1. The van der Waals surface area contributed by atoms with Gasteiger partial charge in [0.05, 0.1) is 5.69 Å². The molecule has 0 fully saturated rings. The summed E-state index contributed by atoms with van der Waals surface area (Å²) in [5, 5.41) is 0.701. The van der Waals surface area contributed by atoms with E-state index in [1.54, 1.807) is 24.1 Å². The zero-order chi connectivity index (χ0) is 19.0. The van der Waals surface area contributed by atoms with Gasteiger partial charge in [-0.25, -0.2) is 9.37 Å². The van der Waals surface area contributed by atoms with E-state index in [1.807, 2.05) is 25.1 Å². The fourth-order valence-electron chi connectivity index (χ4n) is 2.87. The van der Waals surface area contributed by atoms with Crippen LogP contribution in [0, 0.1) is 12.7 Å². The first-order valence-corrected chi connectivity index (χ1v) is 9.20. The van der Waals surface area contributed by atoms with E-state index in [9.17, 15) is 9.18 Å². The van der Waals surface area contributed by atoms with Crippen LogP contribution in [0.2, 0.25) is 0 Å². The standard InChI is InChI=1S/C20H17FN2O3S/c1-12-18(27-19(22-12)14-4-6-15(21)7-5-14)20(24)23(2)10-13-3-8-16-17(9-13)26-11-25-16/h3-9H,10-11H2,1-2H3. The van der Waals surface area contributed by atoms with E-state index >= 15 is 0 Å². The molecule has 0 spiro atoms. The Hall–Kier alpha value is -2.93. The fraction of sp³-hybridized carbons (Fsp3) is 0.200. The predicted molar refractivity (Wildman–Crippen MR) is 101 cm³/mol. The van der Waals surface area contributed by atoms with Gasteiger partial charge < -0.3 is 14.4 Å². The number of hydrogen-bond acceptors (Lipinski definition) is 5. The number of halogens is 1. The average molecular weight is 384 g/mol. The summed E-state index contributed by atoms with van der Waals surface area (Å²) in [6.45, 7) is 2.48. The Labute approximate surface area is 160 Å². The summed E-state index contributed by atoms with van der Waals surface area (Å²) in [4.78, 5) is 19.6. The zero-order valence-electron chi connectivity index (χ0n) is 14.9. The Morgan fingerprint density at radius 2 is 1.93 bits per heavy atom. The van der Waals surface area contributed by atoms with Gasteiger partial charge in [0.15, 0.2) is 11.5 Å². The molecule has 0 aliphatic carbocycles. The van der Waals surface area contributed by atoms with E-state index in [-0.39, 0.29) is 18.5 Å². The van der Waals surface area contributed by atoms with Gasteiger partial charge in [-0.2, -0.15) is 0 Å². The molecule has 0 saturated carbocycles. The monoisotopic (exact) mass is 384 g/mol. The van der Waals surface area contributed by atoms with Crippen LogP contribution in [0.15, 0.2) is 42.5 Å². The van der Waals surface area contributed by atoms with E-state index in [0.29, 0.717) is 27.9 Å². The maximum absolute atomic E-state index is 13.1. The van der Waals surface area contributed by atoms with Crippen LogP contribution in [0.4, 0.5) is 4.39 Å². The molecule has 2 heterocycles. The molecule has 1 aliphatic heterocycles. The van der Waals surface area contributed by atoms with E-state index in [4.69, 9.17) is 9.47 Å². The smallest absolute Gasteiger partial charge is 0.265 e. The summed E-state index contributed by atoms with van der Waals surface area (Å²) >= 11 is 1.32. The molecule has 27 heavy (non-hydrogen) atoms. The van der Waals surface area contributed by atoms with Crippen molar-refractivity contribution >= 4 is 17.2 Å². The number of ether oxygens (including phenoxy) is 2. The van der Waals surface area contributed by atoms with Gasteiger partial charge in [-0.15, -0.1) is 11.3 Å². The number of nitrogens with zero attached hydrogens (tertiary/aromatic N) is 2. The molecular weight excluding hydrogens is 367 g/mol. The van der Waals surface area contributed by atoms with Crippen LogP contribution in [0.1, 0.15) is 20.9 Å². The first kappa shape index (κ1) is 17.5. The zero-order valence-corrected chi connectivity index (χ0v) is 15.7. The van der Waals surface area contributed by atoms with Crippen LogP contribution in [0.3, 0.4) is 0 Å². The van der Waals surface area contributed by atoms with Crippen molar-refractivity contribution < 1.29 is 18.7 Å². The van der Waals surface area contributed by atoms with Gasteiger partial charge in [-0.05, 0) is 48.9 Å². The highest BCUT2D eigenvalue weighted by atomic mass is 32.1. The molecule has 0 N–H and O–H groups in total. The molecule has 0 atom stereocenters. The normalized spacial score (nSPS) is 12.3. The van der Waals surface area contributed by atoms with Crippen LogP contribution >= 0.6 is 11.3 Å². The Bertz CT molecular complexity index is 1000. The lowest BCUT2D eigenvalue weighted by Crippen LogP contribution is -2.26. The number of carbonyl (C=O) groups is 1. The lowest BCUT2D eigenvalue weighted by Gasteiger charge is -2.16. The van der Waals surface area contributed by atoms with Crippen molar-refractivity contribution in [1.29, 1.82) is 0 Å². The van der Waals surface area contributed by atoms with E-state index in [2.05, 4.69) is 4.98 Å². The minimum absolute atomic E-state index is 0.101. The molecule has 1 aliphatic rings. The van der Waals surface area contributed by atoms with Gasteiger partial charge in [-0.1, -0.05) is 6.07 Å². The quantitative estimate of drug-likeness (QED) is 0.675. The SMILES string of the molecule is Cc1nc(-c2ccc(F)cc2)sc1C(=O)N(C)Cc1ccc2c(c1)OCO2. The minimum atomic E-state index is -0.299. The van der Waals surface area contributed by atoms with Crippen LogP contribution < -0.4 is 9.47 Å². The molecule has 2 aromatic carbocycles. The van der Waals surface area contributed by atoms with Crippen molar-refractivity contribution in [2.24, 2.45) is 0 Å². The molecule has 5 nitrogen and oxygen atoms in total. The molecule has 3 aromatic rings. The van der Waals surface area contributed by atoms with E-state index in [1.165, 1.54) is 23.5 Å². The molecule has 0 saturated heterocycles. The first-order valence-electron chi connectivity index (χ1n) is 8.38. The number of rotatable bonds is 4. The second-order valence-corrected chi connectivity index (χ2v) is 7.29. The molecule has 4 rings (SSSR count). The van der Waals surface area contributed by atoms with E-state index < -0.39 is 0 Å². The summed E-state index contributed by atoms with van der Waals surface area (Å²) in [6, 6.07) is 11.8. The van der Waals surface area contributed by atoms with Crippen molar-refractivity contribution in [2.75, 3.05) is 13.8 Å². The van der Waals surface area contributed by atoms with Crippen molar-refractivity contribution in [2.45, 2.75) is 13.5 Å². The van der Waals surface area contributed by atoms with Gasteiger partial charge in [0.2, 0.25) is 6.79 Å². The number of amides is 1. The number of aromatic nitrogens is 1. The van der Waals surface area contributed by atoms with Crippen molar-refractivity contribution in [1.82, 2.24) is 9.88 Å². The second-order valence-electron chi connectivity index (χ2n) is 6.29. The predicted octanol–water partition coefficient (Wildman–Crippen LogP) is 4.26. The lowest BCUT2D eigenvalue weighted by atomic mass is 10.2. The molecule has 0 unspecified atom stereocenters. The summed E-state index contributed by atoms with van der Waals surface area (Å²) in [5.41, 5.74) is 2.42. The van der Waals surface area contributed by atoms with Gasteiger partial charge >= 0.3 is 0 Å². The van der Waals surface area contributed by atoms with Crippen LogP contribution in [-0.4, -0.2) is 29.6 Å². The van der Waals surface area contributed by atoms with Gasteiger partial charge in [0.25, 0.3) is 5.91 Å².